The Labute approximate surface area is 108 Å². The summed E-state index contributed by atoms with van der Waals surface area (Å²) in [6.45, 7) is 1.94. The molecular formula is C11H12N4S2. The van der Waals surface area contributed by atoms with E-state index in [2.05, 4.69) is 10.2 Å². The van der Waals surface area contributed by atoms with Crippen LogP contribution < -0.4 is 5.73 Å². The van der Waals surface area contributed by atoms with Gasteiger partial charge in [-0.2, -0.15) is 0 Å². The summed E-state index contributed by atoms with van der Waals surface area (Å²) < 4.78 is 0.945. The first-order chi connectivity index (χ1) is 8.16. The minimum atomic E-state index is 0.106. The fraction of sp³-hybridized carbons (Fsp3) is 0.182. The molecule has 0 saturated heterocycles. The van der Waals surface area contributed by atoms with Crippen LogP contribution in [0.25, 0.3) is 0 Å². The summed E-state index contributed by atoms with van der Waals surface area (Å²) in [5.74, 6) is 0.861. The van der Waals surface area contributed by atoms with Crippen LogP contribution in [0.2, 0.25) is 0 Å². The third-order valence-corrected chi connectivity index (χ3v) is 4.19. The smallest absolute Gasteiger partial charge is 0.174 e. The van der Waals surface area contributed by atoms with Gasteiger partial charge in [0.25, 0.3) is 0 Å². The lowest BCUT2D eigenvalue weighted by molar-refractivity contribution is 0.983. The fourth-order valence-electron chi connectivity index (χ4n) is 1.39. The van der Waals surface area contributed by atoms with Gasteiger partial charge in [-0.1, -0.05) is 47.4 Å². The zero-order valence-electron chi connectivity index (χ0n) is 9.30. The molecule has 0 aliphatic carbocycles. The number of nitrogens with one attached hydrogen (secondary N) is 1. The molecule has 0 bridgehead atoms. The van der Waals surface area contributed by atoms with Crippen molar-refractivity contribution in [3.63, 3.8) is 0 Å². The number of aryl methyl sites for hydroxylation is 1. The van der Waals surface area contributed by atoms with E-state index in [9.17, 15) is 0 Å². The molecule has 0 amide bonds. The summed E-state index contributed by atoms with van der Waals surface area (Å²) >= 11 is 3.20. The minimum absolute atomic E-state index is 0.106. The van der Waals surface area contributed by atoms with E-state index in [1.165, 1.54) is 0 Å². The number of benzene rings is 1. The molecule has 2 aromatic rings. The van der Waals surface area contributed by atoms with Crippen LogP contribution in [0.4, 0.5) is 0 Å². The molecule has 6 heteroatoms. The largest absolute Gasteiger partial charge is 0.384 e. The number of rotatable bonds is 4. The van der Waals surface area contributed by atoms with Gasteiger partial charge in [0, 0.05) is 11.3 Å². The number of hydrogen-bond donors (Lipinski definition) is 2. The third-order valence-electron chi connectivity index (χ3n) is 2.17. The average Bonchev–Trinajstić information content (AvgIpc) is 2.73. The van der Waals surface area contributed by atoms with Crippen LogP contribution >= 0.6 is 23.1 Å². The lowest BCUT2D eigenvalue weighted by Crippen LogP contribution is -2.13. The van der Waals surface area contributed by atoms with Crippen molar-refractivity contribution in [2.75, 3.05) is 0 Å². The van der Waals surface area contributed by atoms with Gasteiger partial charge in [0.05, 0.1) is 0 Å². The minimum Gasteiger partial charge on any atom is -0.384 e. The normalized spacial score (nSPS) is 10.4. The maximum atomic E-state index is 7.51. The molecule has 0 aliphatic rings. The van der Waals surface area contributed by atoms with Gasteiger partial charge in [0.1, 0.15) is 10.8 Å². The van der Waals surface area contributed by atoms with Gasteiger partial charge < -0.3 is 5.73 Å². The predicted octanol–water partition coefficient (Wildman–Crippen LogP) is 2.42. The summed E-state index contributed by atoms with van der Waals surface area (Å²) in [7, 11) is 0. The molecule has 0 saturated carbocycles. The molecule has 0 unspecified atom stereocenters. The monoisotopic (exact) mass is 264 g/mol. The molecule has 2 rings (SSSR count). The van der Waals surface area contributed by atoms with Crippen LogP contribution in [0.3, 0.4) is 0 Å². The van der Waals surface area contributed by atoms with E-state index in [4.69, 9.17) is 11.1 Å². The van der Waals surface area contributed by atoms with Gasteiger partial charge in [-0.25, -0.2) is 0 Å². The van der Waals surface area contributed by atoms with E-state index in [0.29, 0.717) is 0 Å². The lowest BCUT2D eigenvalue weighted by atomic mass is 10.1. The summed E-state index contributed by atoms with van der Waals surface area (Å²) in [4.78, 5) is 0. The Hall–Kier alpha value is -1.40. The molecule has 1 heterocycles. The Morgan fingerprint density at radius 3 is 2.82 bits per heavy atom. The molecule has 0 radical (unpaired) electrons. The van der Waals surface area contributed by atoms with Crippen LogP contribution in [0, 0.1) is 12.3 Å². The molecule has 1 aromatic carbocycles. The fourth-order valence-corrected chi connectivity index (χ4v) is 3.20. The molecular weight excluding hydrogens is 252 g/mol. The predicted molar refractivity (Wildman–Crippen MR) is 71.7 cm³/mol. The van der Waals surface area contributed by atoms with Crippen LogP contribution in [0.15, 0.2) is 28.6 Å². The van der Waals surface area contributed by atoms with Gasteiger partial charge in [-0.3, -0.25) is 5.41 Å². The third kappa shape index (κ3) is 3.04. The lowest BCUT2D eigenvalue weighted by Gasteiger charge is -2.05. The molecule has 0 spiro atoms. The molecule has 88 valence electrons. The highest BCUT2D eigenvalue weighted by Crippen LogP contribution is 2.26. The highest BCUT2D eigenvalue weighted by molar-refractivity contribution is 8.00. The van der Waals surface area contributed by atoms with E-state index in [1.54, 1.807) is 23.1 Å². The second kappa shape index (κ2) is 5.29. The molecule has 0 fully saturated rings. The van der Waals surface area contributed by atoms with E-state index in [1.807, 2.05) is 31.2 Å². The SMILES string of the molecule is Cc1nnc(SCc2ccccc2C(=N)N)s1. The Bertz CT molecular complexity index is 536. The first-order valence-electron chi connectivity index (χ1n) is 5.02. The van der Waals surface area contributed by atoms with Crippen LogP contribution in [0.1, 0.15) is 16.1 Å². The van der Waals surface area contributed by atoms with Crippen molar-refractivity contribution < 1.29 is 0 Å². The van der Waals surface area contributed by atoms with Crippen molar-refractivity contribution in [2.24, 2.45) is 5.73 Å². The second-order valence-corrected chi connectivity index (χ2v) is 5.85. The van der Waals surface area contributed by atoms with Gasteiger partial charge in [0.2, 0.25) is 0 Å². The van der Waals surface area contributed by atoms with Crippen molar-refractivity contribution in [1.29, 1.82) is 5.41 Å². The van der Waals surface area contributed by atoms with Crippen molar-refractivity contribution >= 4 is 28.9 Å². The molecule has 17 heavy (non-hydrogen) atoms. The number of thioether (sulfide) groups is 1. The van der Waals surface area contributed by atoms with Crippen LogP contribution in [0.5, 0.6) is 0 Å². The molecule has 0 aliphatic heterocycles. The van der Waals surface area contributed by atoms with E-state index < -0.39 is 0 Å². The van der Waals surface area contributed by atoms with Gasteiger partial charge in [-0.15, -0.1) is 10.2 Å². The van der Waals surface area contributed by atoms with Crippen LogP contribution in [-0.2, 0) is 5.75 Å². The number of hydrogen-bond acceptors (Lipinski definition) is 5. The summed E-state index contributed by atoms with van der Waals surface area (Å²) in [6, 6.07) is 7.69. The number of nitrogen functional groups attached to an aromatic ring is 1. The topological polar surface area (TPSA) is 75.7 Å². The summed E-state index contributed by atoms with van der Waals surface area (Å²) in [6.07, 6.45) is 0. The number of nitrogens with zero attached hydrogens (tertiary/aromatic N) is 2. The first-order valence-corrected chi connectivity index (χ1v) is 6.82. The number of amidine groups is 1. The van der Waals surface area contributed by atoms with Crippen molar-refractivity contribution in [3.8, 4) is 0 Å². The molecule has 1 aromatic heterocycles. The Balaban J connectivity index is 2.11. The van der Waals surface area contributed by atoms with Gasteiger partial charge in [0.15, 0.2) is 4.34 Å². The zero-order valence-corrected chi connectivity index (χ0v) is 10.9. The van der Waals surface area contributed by atoms with Crippen molar-refractivity contribution in [2.45, 2.75) is 17.0 Å². The quantitative estimate of drug-likeness (QED) is 0.505. The maximum absolute atomic E-state index is 7.51. The molecule has 0 atom stereocenters. The highest BCUT2D eigenvalue weighted by Gasteiger charge is 2.07. The van der Waals surface area contributed by atoms with Gasteiger partial charge >= 0.3 is 0 Å². The zero-order chi connectivity index (χ0) is 12.3. The maximum Gasteiger partial charge on any atom is 0.174 e. The average molecular weight is 264 g/mol. The Morgan fingerprint density at radius 1 is 1.41 bits per heavy atom. The number of aromatic nitrogens is 2. The van der Waals surface area contributed by atoms with Gasteiger partial charge in [-0.05, 0) is 12.5 Å². The second-order valence-electron chi connectivity index (χ2n) is 3.45. The standard InChI is InChI=1S/C11H12N4S2/c1-7-14-15-11(17-7)16-6-8-4-2-3-5-9(8)10(12)13/h2-5H,6H2,1H3,(H3,12,13). The molecule has 3 N–H and O–H groups in total. The van der Waals surface area contributed by atoms with Crippen molar-refractivity contribution in [1.82, 2.24) is 10.2 Å². The van der Waals surface area contributed by atoms with E-state index >= 15 is 0 Å². The summed E-state index contributed by atoms with van der Waals surface area (Å²) in [5.41, 5.74) is 7.38. The van der Waals surface area contributed by atoms with E-state index in [0.717, 1.165) is 26.2 Å². The first kappa shape index (κ1) is 12.1. The van der Waals surface area contributed by atoms with Crippen LogP contribution in [-0.4, -0.2) is 16.0 Å². The van der Waals surface area contributed by atoms with Crippen molar-refractivity contribution in [3.05, 3.63) is 40.4 Å². The molecule has 4 nitrogen and oxygen atoms in total. The Kier molecular flexibility index (Phi) is 3.75. The number of nitrogens with two attached hydrogens (primary N) is 1. The highest BCUT2D eigenvalue weighted by atomic mass is 32.2. The summed E-state index contributed by atoms with van der Waals surface area (Å²) in [5, 5.41) is 16.5. The van der Waals surface area contributed by atoms with E-state index in [-0.39, 0.29) is 5.84 Å². The Morgan fingerprint density at radius 2 is 2.18 bits per heavy atom.